The molecule has 2 aromatic rings. The number of carbonyl (C=O) groups is 1. The maximum atomic E-state index is 12.4. The average molecular weight is 372 g/mol. The normalized spacial score (nSPS) is 11.0. The fourth-order valence-corrected chi connectivity index (χ4v) is 2.31. The van der Waals surface area contributed by atoms with E-state index in [1.165, 1.54) is 12.1 Å². The van der Waals surface area contributed by atoms with Crippen molar-refractivity contribution < 1.29 is 23.8 Å². The number of nitrogens with two attached hydrogens (primary N) is 1. The van der Waals surface area contributed by atoms with Gasteiger partial charge in [0.1, 0.15) is 0 Å². The van der Waals surface area contributed by atoms with Crippen molar-refractivity contribution in [2.45, 2.75) is 20.8 Å². The molecule has 0 aliphatic carbocycles. The van der Waals surface area contributed by atoms with E-state index in [0.29, 0.717) is 42.6 Å². The van der Waals surface area contributed by atoms with Crippen LogP contribution >= 0.6 is 0 Å². The third kappa shape index (κ3) is 5.37. The number of ether oxygens (including phenoxy) is 3. The van der Waals surface area contributed by atoms with Gasteiger partial charge in [-0.3, -0.25) is 0 Å². The zero-order valence-electron chi connectivity index (χ0n) is 15.7. The molecule has 0 saturated carbocycles. The minimum atomic E-state index is -0.682. The highest BCUT2D eigenvalue weighted by atomic mass is 16.7. The van der Waals surface area contributed by atoms with Gasteiger partial charge < -0.3 is 24.8 Å². The Morgan fingerprint density at radius 2 is 1.44 bits per heavy atom. The second-order valence-electron chi connectivity index (χ2n) is 5.32. The maximum Gasteiger partial charge on any atom is 0.366 e. The SMILES string of the molecule is CCOc1cc(C(=O)O/N=C(\N)c2ccccc2)cc(OCC)c1OCC. The van der Waals surface area contributed by atoms with Crippen LogP contribution in [0.3, 0.4) is 0 Å². The summed E-state index contributed by atoms with van der Waals surface area (Å²) in [6.07, 6.45) is 0. The second kappa shape index (κ2) is 10.1. The predicted octanol–water partition coefficient (Wildman–Crippen LogP) is 3.36. The van der Waals surface area contributed by atoms with E-state index in [1.54, 1.807) is 12.1 Å². The molecule has 0 aromatic heterocycles. The molecule has 0 fully saturated rings. The molecule has 0 bridgehead atoms. The number of hydrogen-bond acceptors (Lipinski definition) is 6. The van der Waals surface area contributed by atoms with Gasteiger partial charge in [-0.2, -0.15) is 0 Å². The second-order valence-corrected chi connectivity index (χ2v) is 5.32. The summed E-state index contributed by atoms with van der Waals surface area (Å²) in [5, 5.41) is 3.71. The van der Waals surface area contributed by atoms with E-state index in [2.05, 4.69) is 5.16 Å². The Balaban J connectivity index is 2.29. The number of amidine groups is 1. The van der Waals surface area contributed by atoms with Crippen LogP contribution in [-0.4, -0.2) is 31.6 Å². The first-order valence-electron chi connectivity index (χ1n) is 8.77. The van der Waals surface area contributed by atoms with Crippen LogP contribution in [0.15, 0.2) is 47.6 Å². The summed E-state index contributed by atoms with van der Waals surface area (Å²) in [5.74, 6) is 0.670. The van der Waals surface area contributed by atoms with Crippen LogP contribution in [0, 0.1) is 0 Å². The summed E-state index contributed by atoms with van der Waals surface area (Å²) in [7, 11) is 0. The third-order valence-electron chi connectivity index (χ3n) is 3.44. The molecule has 0 unspecified atom stereocenters. The fraction of sp³-hybridized carbons (Fsp3) is 0.300. The third-order valence-corrected chi connectivity index (χ3v) is 3.44. The molecule has 2 rings (SSSR count). The first kappa shape index (κ1) is 20.1. The highest BCUT2D eigenvalue weighted by Gasteiger charge is 2.19. The van der Waals surface area contributed by atoms with Crippen molar-refractivity contribution in [3.63, 3.8) is 0 Å². The van der Waals surface area contributed by atoms with Crippen LogP contribution in [-0.2, 0) is 4.84 Å². The summed E-state index contributed by atoms with van der Waals surface area (Å²) in [6.45, 7) is 6.78. The Labute approximate surface area is 158 Å². The molecular formula is C20H24N2O5. The summed E-state index contributed by atoms with van der Waals surface area (Å²) < 4.78 is 16.8. The maximum absolute atomic E-state index is 12.4. The van der Waals surface area contributed by atoms with Crippen molar-refractivity contribution in [3.8, 4) is 17.2 Å². The minimum absolute atomic E-state index is 0.102. The quantitative estimate of drug-likeness (QED) is 0.314. The fourth-order valence-electron chi connectivity index (χ4n) is 2.31. The van der Waals surface area contributed by atoms with Crippen LogP contribution in [0.2, 0.25) is 0 Å². The Kier molecular flexibility index (Phi) is 7.49. The van der Waals surface area contributed by atoms with E-state index in [4.69, 9.17) is 24.8 Å². The number of rotatable bonds is 9. The lowest BCUT2D eigenvalue weighted by molar-refractivity contribution is 0.0515. The van der Waals surface area contributed by atoms with Gasteiger partial charge in [0.2, 0.25) is 5.75 Å². The molecule has 0 aliphatic rings. The standard InChI is InChI=1S/C20H24N2O5/c1-4-24-16-12-15(13-17(25-5-2)18(16)26-6-3)20(23)27-22-19(21)14-10-8-7-9-11-14/h7-13H,4-6H2,1-3H3,(H2,21,22). The molecule has 144 valence electrons. The van der Waals surface area contributed by atoms with Gasteiger partial charge in [-0.15, -0.1) is 0 Å². The predicted molar refractivity (Wildman–Crippen MR) is 103 cm³/mol. The number of hydrogen-bond donors (Lipinski definition) is 1. The van der Waals surface area contributed by atoms with E-state index in [-0.39, 0.29) is 11.4 Å². The first-order chi connectivity index (χ1) is 13.1. The van der Waals surface area contributed by atoms with E-state index >= 15 is 0 Å². The zero-order chi connectivity index (χ0) is 19.6. The van der Waals surface area contributed by atoms with Crippen molar-refractivity contribution in [3.05, 3.63) is 53.6 Å². The lowest BCUT2D eigenvalue weighted by atomic mass is 10.2. The van der Waals surface area contributed by atoms with Gasteiger partial charge in [-0.05, 0) is 32.9 Å². The summed E-state index contributed by atoms with van der Waals surface area (Å²) in [6, 6.07) is 12.1. The molecule has 0 aliphatic heterocycles. The largest absolute Gasteiger partial charge is 0.490 e. The molecule has 7 heteroatoms. The van der Waals surface area contributed by atoms with Crippen LogP contribution in [0.5, 0.6) is 17.2 Å². The lowest BCUT2D eigenvalue weighted by Crippen LogP contribution is -2.15. The van der Waals surface area contributed by atoms with Crippen molar-refractivity contribution in [2.24, 2.45) is 10.9 Å². The number of benzene rings is 2. The summed E-state index contributed by atoms with van der Waals surface area (Å²) >= 11 is 0. The molecule has 0 radical (unpaired) electrons. The Morgan fingerprint density at radius 1 is 0.889 bits per heavy atom. The van der Waals surface area contributed by atoms with Crippen LogP contribution < -0.4 is 19.9 Å². The number of carbonyl (C=O) groups excluding carboxylic acids is 1. The molecule has 0 amide bonds. The van der Waals surface area contributed by atoms with Gasteiger partial charge in [-0.1, -0.05) is 35.5 Å². The number of nitrogens with zero attached hydrogens (tertiary/aromatic N) is 1. The summed E-state index contributed by atoms with van der Waals surface area (Å²) in [4.78, 5) is 17.4. The van der Waals surface area contributed by atoms with E-state index in [1.807, 2.05) is 39.0 Å². The van der Waals surface area contributed by atoms with Gasteiger partial charge in [0.25, 0.3) is 0 Å². The minimum Gasteiger partial charge on any atom is -0.490 e. The molecule has 2 N–H and O–H groups in total. The van der Waals surface area contributed by atoms with Crippen LogP contribution in [0.1, 0.15) is 36.7 Å². The molecule has 2 aromatic carbocycles. The molecule has 0 saturated heterocycles. The number of oxime groups is 1. The van der Waals surface area contributed by atoms with Crippen molar-refractivity contribution >= 4 is 11.8 Å². The monoisotopic (exact) mass is 372 g/mol. The Morgan fingerprint density at radius 3 is 1.96 bits per heavy atom. The van der Waals surface area contributed by atoms with E-state index in [0.717, 1.165) is 0 Å². The topological polar surface area (TPSA) is 92.4 Å². The van der Waals surface area contributed by atoms with Crippen molar-refractivity contribution in [2.75, 3.05) is 19.8 Å². The molecule has 7 nitrogen and oxygen atoms in total. The van der Waals surface area contributed by atoms with Gasteiger partial charge >= 0.3 is 5.97 Å². The molecular weight excluding hydrogens is 348 g/mol. The molecule has 27 heavy (non-hydrogen) atoms. The molecule has 0 spiro atoms. The van der Waals surface area contributed by atoms with Crippen LogP contribution in [0.4, 0.5) is 0 Å². The van der Waals surface area contributed by atoms with Crippen molar-refractivity contribution in [1.82, 2.24) is 0 Å². The van der Waals surface area contributed by atoms with Gasteiger partial charge in [-0.25, -0.2) is 4.79 Å². The lowest BCUT2D eigenvalue weighted by Gasteiger charge is -2.16. The van der Waals surface area contributed by atoms with Gasteiger partial charge in [0, 0.05) is 5.56 Å². The highest BCUT2D eigenvalue weighted by molar-refractivity contribution is 5.98. The Bertz CT molecular complexity index is 763. The van der Waals surface area contributed by atoms with Crippen molar-refractivity contribution in [1.29, 1.82) is 0 Å². The Hall–Kier alpha value is -3.22. The zero-order valence-corrected chi connectivity index (χ0v) is 15.7. The highest BCUT2D eigenvalue weighted by Crippen LogP contribution is 2.39. The van der Waals surface area contributed by atoms with Crippen LogP contribution in [0.25, 0.3) is 0 Å². The average Bonchev–Trinajstić information content (AvgIpc) is 2.69. The van der Waals surface area contributed by atoms with Gasteiger partial charge in [0.05, 0.1) is 25.4 Å². The van der Waals surface area contributed by atoms with Gasteiger partial charge in [0.15, 0.2) is 17.3 Å². The first-order valence-corrected chi connectivity index (χ1v) is 8.77. The van der Waals surface area contributed by atoms with E-state index < -0.39 is 5.97 Å². The molecule has 0 atom stereocenters. The molecule has 0 heterocycles. The summed E-state index contributed by atoms with van der Waals surface area (Å²) in [5.41, 5.74) is 6.72. The van der Waals surface area contributed by atoms with E-state index in [9.17, 15) is 4.79 Å². The smallest absolute Gasteiger partial charge is 0.366 e.